The topological polar surface area (TPSA) is 17.8 Å². The molecule has 0 atom stereocenters. The molecule has 0 unspecified atom stereocenters. The van der Waals surface area contributed by atoms with Gasteiger partial charge in [0.2, 0.25) is 0 Å². The molecule has 2 rings (SSSR count). The van der Waals surface area contributed by atoms with Gasteiger partial charge in [-0.05, 0) is 40.5 Å². The minimum Gasteiger partial charge on any atom is -0.322 e. The van der Waals surface area contributed by atoms with Crippen LogP contribution in [0.5, 0.6) is 0 Å². The van der Waals surface area contributed by atoms with E-state index < -0.39 is 0 Å². The molecule has 66 valence electrons. The van der Waals surface area contributed by atoms with E-state index in [0.717, 1.165) is 10.2 Å². The van der Waals surface area contributed by atoms with Crippen LogP contribution in [0.4, 0.5) is 0 Å². The summed E-state index contributed by atoms with van der Waals surface area (Å²) in [6.45, 7) is 2.07. The first-order chi connectivity index (χ1) is 6.29. The Labute approximate surface area is 85.4 Å². The van der Waals surface area contributed by atoms with Crippen LogP contribution in [0.2, 0.25) is 0 Å². The maximum atomic E-state index is 4.13. The maximum Gasteiger partial charge on any atom is 0.0674 e. The number of halogens is 1. The average molecular weight is 237 g/mol. The molecule has 0 bridgehead atoms. The average Bonchev–Trinajstić information content (AvgIpc) is 2.62. The number of hydrogen-bond acceptors (Lipinski definition) is 1. The lowest BCUT2D eigenvalue weighted by Crippen LogP contribution is -1.95. The molecule has 2 nitrogen and oxygen atoms in total. The zero-order valence-corrected chi connectivity index (χ0v) is 8.82. The normalized spacial score (nSPS) is 10.3. The molecule has 0 spiro atoms. The summed E-state index contributed by atoms with van der Waals surface area (Å²) in [6, 6.07) is 4.00. The summed E-state index contributed by atoms with van der Waals surface area (Å²) in [4.78, 5) is 4.13. The minimum absolute atomic E-state index is 1.04. The molecule has 0 saturated heterocycles. The van der Waals surface area contributed by atoms with Crippen molar-refractivity contribution in [3.63, 3.8) is 0 Å². The summed E-state index contributed by atoms with van der Waals surface area (Å²) in [7, 11) is 0. The van der Waals surface area contributed by atoms with Crippen LogP contribution in [-0.4, -0.2) is 9.55 Å². The molecule has 0 radical (unpaired) electrons. The molecule has 0 amide bonds. The van der Waals surface area contributed by atoms with E-state index in [9.17, 15) is 0 Å². The molecule has 2 heterocycles. The smallest absolute Gasteiger partial charge is 0.0674 e. The van der Waals surface area contributed by atoms with E-state index >= 15 is 0 Å². The number of pyridine rings is 1. The lowest BCUT2D eigenvalue weighted by molar-refractivity contribution is 1.03. The van der Waals surface area contributed by atoms with Crippen LogP contribution in [0.25, 0.3) is 5.69 Å². The molecule has 0 aliphatic rings. The second kappa shape index (κ2) is 3.34. The number of aromatic nitrogens is 2. The van der Waals surface area contributed by atoms with Crippen molar-refractivity contribution < 1.29 is 0 Å². The van der Waals surface area contributed by atoms with Gasteiger partial charge in [-0.2, -0.15) is 0 Å². The number of nitrogens with zero attached hydrogens (tertiary/aromatic N) is 2. The van der Waals surface area contributed by atoms with Gasteiger partial charge < -0.3 is 4.57 Å². The SMILES string of the molecule is Cc1c(Br)cncc1-n1cccc1. The van der Waals surface area contributed by atoms with Crippen molar-refractivity contribution >= 4 is 15.9 Å². The second-order valence-electron chi connectivity index (χ2n) is 2.86. The Bertz CT molecular complexity index is 407. The lowest BCUT2D eigenvalue weighted by atomic mass is 10.2. The Hall–Kier alpha value is -1.09. The summed E-state index contributed by atoms with van der Waals surface area (Å²) >= 11 is 3.46. The molecule has 0 aliphatic heterocycles. The van der Waals surface area contributed by atoms with Crippen molar-refractivity contribution in [2.75, 3.05) is 0 Å². The van der Waals surface area contributed by atoms with Gasteiger partial charge in [0.1, 0.15) is 0 Å². The lowest BCUT2D eigenvalue weighted by Gasteiger charge is -2.07. The van der Waals surface area contributed by atoms with Crippen molar-refractivity contribution in [2.24, 2.45) is 0 Å². The van der Waals surface area contributed by atoms with Gasteiger partial charge >= 0.3 is 0 Å². The van der Waals surface area contributed by atoms with Gasteiger partial charge in [-0.3, -0.25) is 4.98 Å². The zero-order valence-electron chi connectivity index (χ0n) is 7.24. The highest BCUT2D eigenvalue weighted by atomic mass is 79.9. The Morgan fingerprint density at radius 3 is 2.62 bits per heavy atom. The Kier molecular flexibility index (Phi) is 2.19. The van der Waals surface area contributed by atoms with E-state index in [2.05, 4.69) is 27.8 Å². The predicted molar refractivity (Wildman–Crippen MR) is 56.0 cm³/mol. The molecule has 0 fully saturated rings. The standard InChI is InChI=1S/C10H9BrN2/c1-8-9(11)6-12-7-10(8)13-4-2-3-5-13/h2-7H,1H3. The van der Waals surface area contributed by atoms with Gasteiger partial charge in [0.05, 0.1) is 11.9 Å². The van der Waals surface area contributed by atoms with Crippen LogP contribution in [0.3, 0.4) is 0 Å². The van der Waals surface area contributed by atoms with E-state index in [1.165, 1.54) is 5.56 Å². The Morgan fingerprint density at radius 2 is 1.92 bits per heavy atom. The summed E-state index contributed by atoms with van der Waals surface area (Å²) in [6.07, 6.45) is 7.69. The van der Waals surface area contributed by atoms with E-state index in [1.807, 2.05) is 41.5 Å². The Morgan fingerprint density at radius 1 is 1.23 bits per heavy atom. The Balaban J connectivity index is 2.59. The fourth-order valence-electron chi connectivity index (χ4n) is 1.24. The molecular weight excluding hydrogens is 228 g/mol. The van der Waals surface area contributed by atoms with E-state index in [-0.39, 0.29) is 0 Å². The highest BCUT2D eigenvalue weighted by Gasteiger charge is 2.02. The van der Waals surface area contributed by atoms with Crippen LogP contribution in [-0.2, 0) is 0 Å². The van der Waals surface area contributed by atoms with Crippen molar-refractivity contribution in [3.8, 4) is 5.69 Å². The summed E-state index contributed by atoms with van der Waals surface area (Å²) in [5, 5.41) is 0. The quantitative estimate of drug-likeness (QED) is 0.745. The van der Waals surface area contributed by atoms with Crippen LogP contribution in [0.1, 0.15) is 5.56 Å². The molecule has 0 saturated carbocycles. The van der Waals surface area contributed by atoms with Crippen molar-refractivity contribution in [3.05, 3.63) is 47.0 Å². The van der Waals surface area contributed by atoms with Crippen LogP contribution < -0.4 is 0 Å². The van der Waals surface area contributed by atoms with Gasteiger partial charge in [-0.1, -0.05) is 0 Å². The third-order valence-corrected chi connectivity index (χ3v) is 2.81. The number of rotatable bonds is 1. The van der Waals surface area contributed by atoms with Gasteiger partial charge in [0, 0.05) is 23.1 Å². The van der Waals surface area contributed by atoms with Gasteiger partial charge in [-0.25, -0.2) is 0 Å². The first-order valence-corrected chi connectivity index (χ1v) is 4.82. The first kappa shape index (κ1) is 8.51. The molecule has 0 aliphatic carbocycles. The molecular formula is C10H9BrN2. The van der Waals surface area contributed by atoms with Gasteiger partial charge in [0.15, 0.2) is 0 Å². The summed E-state index contributed by atoms with van der Waals surface area (Å²) < 4.78 is 3.09. The van der Waals surface area contributed by atoms with Crippen LogP contribution >= 0.6 is 15.9 Å². The van der Waals surface area contributed by atoms with E-state index in [1.54, 1.807) is 0 Å². The van der Waals surface area contributed by atoms with Crippen LogP contribution in [0.15, 0.2) is 41.4 Å². The van der Waals surface area contributed by atoms with Crippen molar-refractivity contribution in [1.82, 2.24) is 9.55 Å². The van der Waals surface area contributed by atoms with Crippen molar-refractivity contribution in [2.45, 2.75) is 6.92 Å². The molecule has 3 heteroatoms. The highest BCUT2D eigenvalue weighted by molar-refractivity contribution is 9.10. The fraction of sp³-hybridized carbons (Fsp3) is 0.100. The fourth-order valence-corrected chi connectivity index (χ4v) is 1.57. The molecule has 2 aromatic rings. The van der Waals surface area contributed by atoms with Crippen LogP contribution in [0, 0.1) is 6.92 Å². The largest absolute Gasteiger partial charge is 0.322 e. The molecule has 2 aromatic heterocycles. The molecule has 0 N–H and O–H groups in total. The number of hydrogen-bond donors (Lipinski definition) is 0. The maximum absolute atomic E-state index is 4.13. The van der Waals surface area contributed by atoms with Crippen molar-refractivity contribution in [1.29, 1.82) is 0 Å². The third-order valence-electron chi connectivity index (χ3n) is 2.01. The van der Waals surface area contributed by atoms with E-state index in [4.69, 9.17) is 0 Å². The minimum atomic E-state index is 1.04. The van der Waals surface area contributed by atoms with Gasteiger partial charge in [0.25, 0.3) is 0 Å². The first-order valence-electron chi connectivity index (χ1n) is 4.02. The monoisotopic (exact) mass is 236 g/mol. The van der Waals surface area contributed by atoms with Gasteiger partial charge in [-0.15, -0.1) is 0 Å². The predicted octanol–water partition coefficient (Wildman–Crippen LogP) is 2.94. The molecule has 0 aromatic carbocycles. The van der Waals surface area contributed by atoms with E-state index in [0.29, 0.717) is 0 Å². The second-order valence-corrected chi connectivity index (χ2v) is 3.71. The third kappa shape index (κ3) is 1.52. The highest BCUT2D eigenvalue weighted by Crippen LogP contribution is 2.20. The zero-order chi connectivity index (χ0) is 9.26. The summed E-state index contributed by atoms with van der Waals surface area (Å²) in [5.41, 5.74) is 2.31. The summed E-state index contributed by atoms with van der Waals surface area (Å²) in [5.74, 6) is 0. The molecule has 13 heavy (non-hydrogen) atoms.